The molecule has 7 heteroatoms. The van der Waals surface area contributed by atoms with Crippen LogP contribution in [-0.4, -0.2) is 21.7 Å². The van der Waals surface area contributed by atoms with Crippen molar-refractivity contribution in [2.45, 2.75) is 64.7 Å². The van der Waals surface area contributed by atoms with E-state index < -0.39 is 17.9 Å². The topological polar surface area (TPSA) is 46.9 Å². The molecule has 2 rings (SSSR count). The number of aryl methyl sites for hydroxylation is 1. The number of aromatic nitrogens is 2. The molecule has 1 unspecified atom stereocenters. The zero-order valence-corrected chi connectivity index (χ0v) is 13.1. The van der Waals surface area contributed by atoms with Crippen LogP contribution < -0.4 is 5.32 Å². The van der Waals surface area contributed by atoms with Crippen LogP contribution in [0, 0.1) is 12.8 Å². The summed E-state index contributed by atoms with van der Waals surface area (Å²) < 4.78 is 39.2. The molecule has 0 aromatic carbocycles. The van der Waals surface area contributed by atoms with Gasteiger partial charge in [0, 0.05) is 11.7 Å². The first-order chi connectivity index (χ1) is 10.2. The van der Waals surface area contributed by atoms with Gasteiger partial charge in [-0.05, 0) is 51.5 Å². The smallest absolute Gasteiger partial charge is 0.352 e. The standard InChI is InChI=1S/C15H22F3N3O/c1-9-4-6-12(7-5-9)19-14(22)11(3)21-10(2)8-13(20-21)15(16,17)18/h8-9,11-12H,4-7H2,1-3H3,(H,19,22). The number of carbonyl (C=O) groups is 1. The lowest BCUT2D eigenvalue weighted by Gasteiger charge is -2.28. The second-order valence-corrected chi connectivity index (χ2v) is 6.25. The minimum absolute atomic E-state index is 0.115. The van der Waals surface area contributed by atoms with Crippen molar-refractivity contribution in [3.63, 3.8) is 0 Å². The van der Waals surface area contributed by atoms with Crippen LogP contribution in [0.2, 0.25) is 0 Å². The first-order valence-electron chi connectivity index (χ1n) is 7.62. The van der Waals surface area contributed by atoms with E-state index in [9.17, 15) is 18.0 Å². The van der Waals surface area contributed by atoms with Crippen molar-refractivity contribution in [3.05, 3.63) is 17.5 Å². The fourth-order valence-electron chi connectivity index (χ4n) is 2.86. The van der Waals surface area contributed by atoms with Crippen LogP contribution in [0.5, 0.6) is 0 Å². The summed E-state index contributed by atoms with van der Waals surface area (Å²) in [5.74, 6) is 0.396. The number of amides is 1. The summed E-state index contributed by atoms with van der Waals surface area (Å²) in [6.45, 7) is 5.28. The summed E-state index contributed by atoms with van der Waals surface area (Å²) in [5.41, 5.74) is -0.636. The molecule has 22 heavy (non-hydrogen) atoms. The predicted octanol–water partition coefficient (Wildman–Crippen LogP) is 3.47. The molecule has 1 atom stereocenters. The van der Waals surface area contributed by atoms with E-state index in [-0.39, 0.29) is 11.9 Å². The lowest BCUT2D eigenvalue weighted by Crippen LogP contribution is -2.41. The van der Waals surface area contributed by atoms with Crippen molar-refractivity contribution >= 4 is 5.91 Å². The molecule has 0 spiro atoms. The molecule has 1 amide bonds. The molecule has 0 saturated heterocycles. The summed E-state index contributed by atoms with van der Waals surface area (Å²) >= 11 is 0. The Morgan fingerprint density at radius 2 is 1.95 bits per heavy atom. The molecular formula is C15H22F3N3O. The normalized spacial score (nSPS) is 24.1. The summed E-state index contributed by atoms with van der Waals surface area (Å²) in [7, 11) is 0. The highest BCUT2D eigenvalue weighted by atomic mass is 19.4. The summed E-state index contributed by atoms with van der Waals surface area (Å²) in [4.78, 5) is 12.3. The highest BCUT2D eigenvalue weighted by Crippen LogP contribution is 2.29. The maximum Gasteiger partial charge on any atom is 0.435 e. The van der Waals surface area contributed by atoms with Gasteiger partial charge in [-0.1, -0.05) is 6.92 Å². The molecule has 1 aliphatic carbocycles. The Hall–Kier alpha value is -1.53. The number of nitrogens with one attached hydrogen (secondary N) is 1. The lowest BCUT2D eigenvalue weighted by atomic mass is 9.87. The lowest BCUT2D eigenvalue weighted by molar-refractivity contribution is -0.142. The highest BCUT2D eigenvalue weighted by Gasteiger charge is 2.35. The maximum atomic E-state index is 12.7. The Balaban J connectivity index is 2.03. The molecule has 1 saturated carbocycles. The number of hydrogen-bond acceptors (Lipinski definition) is 2. The van der Waals surface area contributed by atoms with Gasteiger partial charge in [-0.2, -0.15) is 18.3 Å². The van der Waals surface area contributed by atoms with Gasteiger partial charge in [-0.3, -0.25) is 9.48 Å². The molecular weight excluding hydrogens is 295 g/mol. The van der Waals surface area contributed by atoms with E-state index in [4.69, 9.17) is 0 Å². The fraction of sp³-hybridized carbons (Fsp3) is 0.733. The van der Waals surface area contributed by atoms with Crippen molar-refractivity contribution in [1.29, 1.82) is 0 Å². The van der Waals surface area contributed by atoms with Crippen LogP contribution in [-0.2, 0) is 11.0 Å². The largest absolute Gasteiger partial charge is 0.435 e. The number of nitrogens with zero attached hydrogens (tertiary/aromatic N) is 2. The Bertz CT molecular complexity index is 531. The summed E-state index contributed by atoms with van der Waals surface area (Å²) in [5, 5.41) is 6.47. The van der Waals surface area contributed by atoms with Crippen molar-refractivity contribution < 1.29 is 18.0 Å². The van der Waals surface area contributed by atoms with Crippen LogP contribution >= 0.6 is 0 Å². The van der Waals surface area contributed by atoms with E-state index in [0.717, 1.165) is 36.4 Å². The number of rotatable bonds is 3. The van der Waals surface area contributed by atoms with Crippen LogP contribution in [0.4, 0.5) is 13.2 Å². The van der Waals surface area contributed by atoms with Crippen molar-refractivity contribution in [1.82, 2.24) is 15.1 Å². The Morgan fingerprint density at radius 3 is 2.45 bits per heavy atom. The minimum atomic E-state index is -4.49. The third-order valence-corrected chi connectivity index (χ3v) is 4.32. The van der Waals surface area contributed by atoms with E-state index in [0.29, 0.717) is 11.6 Å². The number of hydrogen-bond donors (Lipinski definition) is 1. The second-order valence-electron chi connectivity index (χ2n) is 6.25. The Labute approximate surface area is 128 Å². The van der Waals surface area contributed by atoms with E-state index in [1.165, 1.54) is 6.92 Å². The van der Waals surface area contributed by atoms with E-state index >= 15 is 0 Å². The number of carbonyl (C=O) groups excluding carboxylic acids is 1. The van der Waals surface area contributed by atoms with E-state index in [2.05, 4.69) is 17.3 Å². The van der Waals surface area contributed by atoms with Crippen LogP contribution in [0.25, 0.3) is 0 Å². The van der Waals surface area contributed by atoms with Gasteiger partial charge in [0.05, 0.1) is 0 Å². The van der Waals surface area contributed by atoms with E-state index in [1.54, 1.807) is 6.92 Å². The zero-order valence-electron chi connectivity index (χ0n) is 13.1. The monoisotopic (exact) mass is 317 g/mol. The fourth-order valence-corrected chi connectivity index (χ4v) is 2.86. The average Bonchev–Trinajstić information content (AvgIpc) is 2.82. The van der Waals surface area contributed by atoms with Gasteiger partial charge < -0.3 is 5.32 Å². The predicted molar refractivity (Wildman–Crippen MR) is 76.2 cm³/mol. The Morgan fingerprint density at radius 1 is 1.36 bits per heavy atom. The highest BCUT2D eigenvalue weighted by molar-refractivity contribution is 5.80. The van der Waals surface area contributed by atoms with Crippen molar-refractivity contribution in [2.24, 2.45) is 5.92 Å². The van der Waals surface area contributed by atoms with Gasteiger partial charge in [0.25, 0.3) is 0 Å². The minimum Gasteiger partial charge on any atom is -0.352 e. The van der Waals surface area contributed by atoms with Gasteiger partial charge in [0.2, 0.25) is 5.91 Å². The second kappa shape index (κ2) is 6.30. The van der Waals surface area contributed by atoms with Gasteiger partial charge in [-0.15, -0.1) is 0 Å². The molecule has 124 valence electrons. The van der Waals surface area contributed by atoms with E-state index in [1.807, 2.05) is 0 Å². The molecule has 4 nitrogen and oxygen atoms in total. The summed E-state index contributed by atoms with van der Waals surface area (Å²) in [6, 6.07) is 0.325. The average molecular weight is 317 g/mol. The molecule has 0 bridgehead atoms. The number of halogens is 3. The van der Waals surface area contributed by atoms with Gasteiger partial charge >= 0.3 is 6.18 Å². The molecule has 1 aromatic rings. The molecule has 1 fully saturated rings. The van der Waals surface area contributed by atoms with Crippen LogP contribution in [0.1, 0.15) is 57.0 Å². The third kappa shape index (κ3) is 3.81. The maximum absolute atomic E-state index is 12.7. The quantitative estimate of drug-likeness (QED) is 0.928. The first kappa shape index (κ1) is 16.8. The molecule has 0 aliphatic heterocycles. The zero-order chi connectivity index (χ0) is 16.5. The molecule has 0 radical (unpaired) electrons. The van der Waals surface area contributed by atoms with Crippen molar-refractivity contribution in [3.8, 4) is 0 Å². The SMILES string of the molecule is Cc1cc(C(F)(F)F)nn1C(C)C(=O)NC1CCC(C)CC1. The third-order valence-electron chi connectivity index (χ3n) is 4.32. The Kier molecular flexibility index (Phi) is 4.82. The molecule has 1 aromatic heterocycles. The first-order valence-corrected chi connectivity index (χ1v) is 7.62. The molecule has 1 heterocycles. The molecule has 1 N–H and O–H groups in total. The van der Waals surface area contributed by atoms with Crippen LogP contribution in [0.15, 0.2) is 6.07 Å². The van der Waals surface area contributed by atoms with Gasteiger partial charge in [0.15, 0.2) is 5.69 Å². The van der Waals surface area contributed by atoms with Crippen molar-refractivity contribution in [2.75, 3.05) is 0 Å². The summed E-state index contributed by atoms with van der Waals surface area (Å²) in [6.07, 6.45) is -0.514. The molecule has 1 aliphatic rings. The van der Waals surface area contributed by atoms with Gasteiger partial charge in [-0.25, -0.2) is 0 Å². The van der Waals surface area contributed by atoms with Crippen LogP contribution in [0.3, 0.4) is 0 Å². The van der Waals surface area contributed by atoms with Gasteiger partial charge in [0.1, 0.15) is 6.04 Å². The number of alkyl halides is 3.